The maximum absolute atomic E-state index is 15.4. The van der Waals surface area contributed by atoms with Gasteiger partial charge in [-0.2, -0.15) is 0 Å². The lowest BCUT2D eigenvalue weighted by Gasteiger charge is -2.48. The fourth-order valence-corrected chi connectivity index (χ4v) is 5.10. The zero-order valence-corrected chi connectivity index (χ0v) is 18.8. The van der Waals surface area contributed by atoms with Crippen molar-refractivity contribution in [2.75, 3.05) is 26.2 Å². The molecule has 4 heterocycles. The third-order valence-corrected chi connectivity index (χ3v) is 7.30. The molecule has 1 spiro atoms. The molecule has 34 heavy (non-hydrogen) atoms. The molecule has 3 fully saturated rings. The highest BCUT2D eigenvalue weighted by atomic mass is 19.1. The van der Waals surface area contributed by atoms with Gasteiger partial charge in [0.1, 0.15) is 24.2 Å². The Balaban J connectivity index is 1.14. The first-order chi connectivity index (χ1) is 16.5. The van der Waals surface area contributed by atoms with Gasteiger partial charge in [-0.3, -0.25) is 19.7 Å². The molecular weight excluding hydrogens is 438 g/mol. The van der Waals surface area contributed by atoms with Crippen molar-refractivity contribution in [3.05, 3.63) is 60.3 Å². The summed E-state index contributed by atoms with van der Waals surface area (Å²) in [4.78, 5) is 24.6. The minimum absolute atomic E-state index is 0.0451. The molecule has 0 N–H and O–H groups in total. The first-order valence-electron chi connectivity index (χ1n) is 11.8. The van der Waals surface area contributed by atoms with E-state index in [1.807, 2.05) is 35.2 Å². The fourth-order valence-electron chi connectivity index (χ4n) is 5.10. The topological polar surface area (TPSA) is 58.6 Å². The lowest BCUT2D eigenvalue weighted by molar-refractivity contribution is -0.189. The number of amides is 1. The van der Waals surface area contributed by atoms with Gasteiger partial charge in [0, 0.05) is 49.0 Å². The molecular formula is C26H26F2N4O2. The molecule has 1 aliphatic carbocycles. The summed E-state index contributed by atoms with van der Waals surface area (Å²) < 4.78 is 36.1. The van der Waals surface area contributed by atoms with Gasteiger partial charge in [-0.15, -0.1) is 0 Å². The second kappa shape index (κ2) is 8.36. The first kappa shape index (κ1) is 21.6. The van der Waals surface area contributed by atoms with Gasteiger partial charge in [-0.1, -0.05) is 18.2 Å². The number of nitrogens with zero attached hydrogens (tertiary/aromatic N) is 4. The Kier molecular flexibility index (Phi) is 5.30. The normalized spacial score (nSPS) is 25.9. The SMILES string of the molecule is O=C1CO[C@@]2(CCN(Cc3ncc(-c4ccc5cccnc5c4)cc3F)C[C@@H]2F)CN1C1CC1. The molecule has 8 heteroatoms. The van der Waals surface area contributed by atoms with Crippen LogP contribution in [-0.2, 0) is 16.1 Å². The van der Waals surface area contributed by atoms with Gasteiger partial charge in [0.15, 0.2) is 0 Å². The van der Waals surface area contributed by atoms with Crippen molar-refractivity contribution in [2.45, 2.75) is 43.6 Å². The Bertz CT molecular complexity index is 1250. The Hall–Kier alpha value is -2.97. The number of hydrogen-bond acceptors (Lipinski definition) is 5. The van der Waals surface area contributed by atoms with Crippen LogP contribution < -0.4 is 0 Å². The van der Waals surface area contributed by atoms with Crippen LogP contribution in [0, 0.1) is 5.82 Å². The summed E-state index contributed by atoms with van der Waals surface area (Å²) in [6.45, 7) is 1.18. The minimum atomic E-state index is -1.25. The largest absolute Gasteiger partial charge is 0.360 e. The third kappa shape index (κ3) is 3.95. The van der Waals surface area contributed by atoms with Crippen LogP contribution in [0.1, 0.15) is 25.0 Å². The van der Waals surface area contributed by atoms with Crippen LogP contribution in [0.5, 0.6) is 0 Å². The van der Waals surface area contributed by atoms with Crippen LogP contribution >= 0.6 is 0 Å². The van der Waals surface area contributed by atoms with Gasteiger partial charge < -0.3 is 9.64 Å². The predicted molar refractivity (Wildman–Crippen MR) is 123 cm³/mol. The lowest BCUT2D eigenvalue weighted by atomic mass is 9.87. The van der Waals surface area contributed by atoms with Gasteiger partial charge in [0.05, 0.1) is 17.8 Å². The van der Waals surface area contributed by atoms with E-state index >= 15 is 4.39 Å². The molecule has 0 radical (unpaired) electrons. The van der Waals surface area contributed by atoms with Crippen molar-refractivity contribution >= 4 is 16.8 Å². The van der Waals surface area contributed by atoms with E-state index in [0.29, 0.717) is 30.8 Å². The van der Waals surface area contributed by atoms with Crippen molar-refractivity contribution in [2.24, 2.45) is 0 Å². The van der Waals surface area contributed by atoms with Crippen LogP contribution in [-0.4, -0.2) is 69.7 Å². The maximum atomic E-state index is 15.4. The van der Waals surface area contributed by atoms with E-state index in [1.165, 1.54) is 6.07 Å². The number of carbonyl (C=O) groups excluding carboxylic acids is 1. The van der Waals surface area contributed by atoms with Crippen molar-refractivity contribution in [1.29, 1.82) is 0 Å². The highest BCUT2D eigenvalue weighted by Crippen LogP contribution is 2.38. The number of carbonyl (C=O) groups is 1. The Labute approximate surface area is 196 Å². The van der Waals surface area contributed by atoms with E-state index in [0.717, 1.165) is 29.3 Å². The van der Waals surface area contributed by atoms with Crippen molar-refractivity contribution in [3.8, 4) is 11.1 Å². The molecule has 0 unspecified atom stereocenters. The number of aromatic nitrogens is 2. The van der Waals surface area contributed by atoms with Gasteiger partial charge in [-0.05, 0) is 43.0 Å². The van der Waals surface area contributed by atoms with Gasteiger partial charge in [-0.25, -0.2) is 8.78 Å². The summed E-state index contributed by atoms with van der Waals surface area (Å²) in [6.07, 6.45) is 4.58. The average molecular weight is 465 g/mol. The van der Waals surface area contributed by atoms with Gasteiger partial charge in [0.2, 0.25) is 5.91 Å². The lowest BCUT2D eigenvalue weighted by Crippen LogP contribution is -2.64. The standard InChI is InChI=1S/C26H26F2N4O2/c27-21-10-19(18-4-3-17-2-1-8-29-22(17)11-18)12-30-23(21)13-31-9-7-26(24(28)14-31)16-32(20-5-6-20)25(33)15-34-26/h1-4,8,10-12,20,24H,5-7,9,13-16H2/t24-,26-/m0/s1. The molecule has 6 nitrogen and oxygen atoms in total. The molecule has 0 bridgehead atoms. The van der Waals surface area contributed by atoms with Crippen molar-refractivity contribution < 1.29 is 18.3 Å². The second-order valence-electron chi connectivity index (χ2n) is 9.62. The summed E-state index contributed by atoms with van der Waals surface area (Å²) in [7, 11) is 0. The molecule has 1 amide bonds. The number of fused-ring (bicyclic) bond motifs is 1. The number of ether oxygens (including phenoxy) is 1. The van der Waals surface area contributed by atoms with E-state index < -0.39 is 17.6 Å². The van der Waals surface area contributed by atoms with Gasteiger partial charge in [0.25, 0.3) is 0 Å². The molecule has 3 aliphatic rings. The Morgan fingerprint density at radius 3 is 2.82 bits per heavy atom. The summed E-state index contributed by atoms with van der Waals surface area (Å²) >= 11 is 0. The minimum Gasteiger partial charge on any atom is -0.360 e. The number of piperidine rings is 1. The Morgan fingerprint density at radius 2 is 2.03 bits per heavy atom. The number of benzene rings is 1. The monoisotopic (exact) mass is 464 g/mol. The molecule has 1 aromatic carbocycles. The van der Waals surface area contributed by atoms with Crippen molar-refractivity contribution in [3.63, 3.8) is 0 Å². The van der Waals surface area contributed by atoms with Gasteiger partial charge >= 0.3 is 0 Å². The average Bonchev–Trinajstić information content (AvgIpc) is 3.69. The van der Waals surface area contributed by atoms with Crippen LogP contribution in [0.4, 0.5) is 8.78 Å². The quantitative estimate of drug-likeness (QED) is 0.589. The molecule has 3 aromatic rings. The third-order valence-electron chi connectivity index (χ3n) is 7.30. The first-order valence-corrected chi connectivity index (χ1v) is 11.8. The van der Waals surface area contributed by atoms with E-state index in [4.69, 9.17) is 4.74 Å². The summed E-state index contributed by atoms with van der Waals surface area (Å²) in [5.74, 6) is -0.454. The maximum Gasteiger partial charge on any atom is 0.248 e. The zero-order chi connectivity index (χ0) is 23.3. The highest BCUT2D eigenvalue weighted by Gasteiger charge is 2.51. The van der Waals surface area contributed by atoms with Crippen LogP contribution in [0.15, 0.2) is 48.8 Å². The molecule has 2 saturated heterocycles. The molecule has 176 valence electrons. The summed E-state index contributed by atoms with van der Waals surface area (Å²) in [6, 6.07) is 11.4. The van der Waals surface area contributed by atoms with E-state index in [9.17, 15) is 9.18 Å². The molecule has 2 aliphatic heterocycles. The molecule has 6 rings (SSSR count). The number of halogens is 2. The number of morpholine rings is 1. The van der Waals surface area contributed by atoms with Crippen molar-refractivity contribution in [1.82, 2.24) is 19.8 Å². The highest BCUT2D eigenvalue weighted by molar-refractivity contribution is 5.84. The van der Waals surface area contributed by atoms with Crippen LogP contribution in [0.2, 0.25) is 0 Å². The van der Waals surface area contributed by atoms with Crippen LogP contribution in [0.25, 0.3) is 22.0 Å². The van der Waals surface area contributed by atoms with Crippen LogP contribution in [0.3, 0.4) is 0 Å². The number of likely N-dealkylation sites (tertiary alicyclic amines) is 1. The number of pyridine rings is 2. The number of alkyl halides is 1. The molecule has 2 aromatic heterocycles. The zero-order valence-electron chi connectivity index (χ0n) is 18.8. The Morgan fingerprint density at radius 1 is 1.15 bits per heavy atom. The fraction of sp³-hybridized carbons (Fsp3) is 0.423. The predicted octanol–water partition coefficient (Wildman–Crippen LogP) is 3.74. The smallest absolute Gasteiger partial charge is 0.248 e. The van der Waals surface area contributed by atoms with E-state index in [-0.39, 0.29) is 31.6 Å². The number of rotatable bonds is 4. The summed E-state index contributed by atoms with van der Waals surface area (Å²) in [5.41, 5.74) is 1.71. The summed E-state index contributed by atoms with van der Waals surface area (Å²) in [5, 5.41) is 1.02. The molecule has 2 atom stereocenters. The second-order valence-corrected chi connectivity index (χ2v) is 9.62. The van der Waals surface area contributed by atoms with E-state index in [1.54, 1.807) is 17.3 Å². The molecule has 1 saturated carbocycles. The van der Waals surface area contributed by atoms with E-state index in [2.05, 4.69) is 9.97 Å². The number of hydrogen-bond donors (Lipinski definition) is 0.